The Morgan fingerprint density at radius 2 is 1.85 bits per heavy atom. The van der Waals surface area contributed by atoms with Gasteiger partial charge in [-0.05, 0) is 52.5 Å². The zero-order chi connectivity index (χ0) is 19.8. The van der Waals surface area contributed by atoms with Crippen molar-refractivity contribution in [3.63, 3.8) is 0 Å². The van der Waals surface area contributed by atoms with Gasteiger partial charge in [-0.15, -0.1) is 0 Å². The second-order valence-electron chi connectivity index (χ2n) is 6.21. The van der Waals surface area contributed by atoms with E-state index >= 15 is 0 Å². The van der Waals surface area contributed by atoms with Gasteiger partial charge >= 0.3 is 0 Å². The molecule has 3 rings (SSSR count). The summed E-state index contributed by atoms with van der Waals surface area (Å²) < 4.78 is 27.4. The summed E-state index contributed by atoms with van der Waals surface area (Å²) in [7, 11) is -3.51. The molecule has 0 aromatic heterocycles. The van der Waals surface area contributed by atoms with E-state index in [1.54, 1.807) is 12.1 Å². The summed E-state index contributed by atoms with van der Waals surface area (Å²) in [6.07, 6.45) is 1.77. The standard InChI is InChI=1S/C17H16BrCl2N3O3S/c18-15-12(19)8-13(17(21)16(15)20)22-14(24)7-9-1-5-11(6-2-9)27(25,26)23-10-3-4-10/h1-2,5-6,8,10,23H,3-4,7,21H2,(H,22,24). The zero-order valence-corrected chi connectivity index (χ0v) is 17.8. The van der Waals surface area contributed by atoms with Crippen LogP contribution in [0, 0.1) is 0 Å². The molecule has 0 saturated heterocycles. The third-order valence-corrected chi connectivity index (χ3v) is 7.48. The molecule has 10 heteroatoms. The largest absolute Gasteiger partial charge is 0.396 e. The Bertz CT molecular complexity index is 993. The van der Waals surface area contributed by atoms with Crippen LogP contribution in [-0.2, 0) is 21.2 Å². The quantitative estimate of drug-likeness (QED) is 0.419. The van der Waals surface area contributed by atoms with Crippen molar-refractivity contribution in [2.24, 2.45) is 0 Å². The topological polar surface area (TPSA) is 101 Å². The Balaban J connectivity index is 1.68. The fraction of sp³-hybridized carbons (Fsp3) is 0.235. The highest BCUT2D eigenvalue weighted by atomic mass is 79.9. The number of benzene rings is 2. The molecule has 0 radical (unpaired) electrons. The van der Waals surface area contributed by atoms with E-state index in [1.165, 1.54) is 18.2 Å². The molecule has 0 atom stereocenters. The van der Waals surface area contributed by atoms with Crippen molar-refractivity contribution in [2.75, 3.05) is 11.1 Å². The number of sulfonamides is 1. The van der Waals surface area contributed by atoms with Crippen molar-refractivity contribution in [1.82, 2.24) is 4.72 Å². The lowest BCUT2D eigenvalue weighted by molar-refractivity contribution is -0.115. The van der Waals surface area contributed by atoms with E-state index in [0.29, 0.717) is 20.7 Å². The molecule has 0 heterocycles. The van der Waals surface area contributed by atoms with Crippen molar-refractivity contribution in [2.45, 2.75) is 30.2 Å². The summed E-state index contributed by atoms with van der Waals surface area (Å²) in [6.45, 7) is 0. The van der Waals surface area contributed by atoms with Gasteiger partial charge in [0, 0.05) is 6.04 Å². The molecule has 0 aliphatic heterocycles. The van der Waals surface area contributed by atoms with Crippen LogP contribution in [0.1, 0.15) is 18.4 Å². The third kappa shape index (κ3) is 4.94. The van der Waals surface area contributed by atoms with Crippen molar-refractivity contribution in [1.29, 1.82) is 0 Å². The summed E-state index contributed by atoms with van der Waals surface area (Å²) >= 11 is 15.3. The Morgan fingerprint density at radius 3 is 2.44 bits per heavy atom. The number of nitrogen functional groups attached to an aromatic ring is 1. The molecular weight excluding hydrogens is 477 g/mol. The Labute approximate surface area is 175 Å². The second-order valence-corrected chi connectivity index (χ2v) is 9.50. The molecule has 1 amide bonds. The minimum atomic E-state index is -3.51. The summed E-state index contributed by atoms with van der Waals surface area (Å²) in [5.74, 6) is -0.331. The van der Waals surface area contributed by atoms with Crippen LogP contribution in [-0.4, -0.2) is 20.4 Å². The molecular formula is C17H16BrCl2N3O3S. The van der Waals surface area contributed by atoms with Crippen molar-refractivity contribution in [3.05, 3.63) is 50.4 Å². The number of hydrogen-bond acceptors (Lipinski definition) is 4. The maximum Gasteiger partial charge on any atom is 0.240 e. The van der Waals surface area contributed by atoms with Crippen LogP contribution in [0.5, 0.6) is 0 Å². The van der Waals surface area contributed by atoms with Crippen LogP contribution < -0.4 is 15.8 Å². The fourth-order valence-corrected chi connectivity index (χ4v) is 4.46. The van der Waals surface area contributed by atoms with Crippen LogP contribution in [0.3, 0.4) is 0 Å². The van der Waals surface area contributed by atoms with E-state index in [1.807, 2.05) is 0 Å². The van der Waals surface area contributed by atoms with Gasteiger partial charge in [0.15, 0.2) is 0 Å². The molecule has 0 spiro atoms. The molecule has 144 valence electrons. The lowest BCUT2D eigenvalue weighted by atomic mass is 10.1. The Morgan fingerprint density at radius 1 is 1.22 bits per heavy atom. The molecule has 1 aliphatic carbocycles. The van der Waals surface area contributed by atoms with Gasteiger partial charge in [0.1, 0.15) is 0 Å². The molecule has 4 N–H and O–H groups in total. The summed E-state index contributed by atoms with van der Waals surface area (Å²) in [5.41, 5.74) is 7.07. The highest BCUT2D eigenvalue weighted by molar-refractivity contribution is 9.10. The lowest BCUT2D eigenvalue weighted by Gasteiger charge is -2.12. The van der Waals surface area contributed by atoms with Crippen molar-refractivity contribution >= 4 is 66.4 Å². The van der Waals surface area contributed by atoms with E-state index in [2.05, 4.69) is 26.0 Å². The zero-order valence-electron chi connectivity index (χ0n) is 13.9. The molecule has 27 heavy (non-hydrogen) atoms. The van der Waals surface area contributed by atoms with Gasteiger partial charge in [0.2, 0.25) is 15.9 Å². The first-order valence-electron chi connectivity index (χ1n) is 8.01. The van der Waals surface area contributed by atoms with E-state index in [4.69, 9.17) is 28.9 Å². The highest BCUT2D eigenvalue weighted by Crippen LogP contribution is 2.39. The third-order valence-electron chi connectivity index (χ3n) is 3.97. The number of anilines is 2. The number of nitrogens with one attached hydrogen (secondary N) is 2. The number of amides is 1. The minimum absolute atomic E-state index is 0.0375. The van der Waals surface area contributed by atoms with E-state index in [-0.39, 0.29) is 34.0 Å². The van der Waals surface area contributed by atoms with Crippen LogP contribution >= 0.6 is 39.1 Å². The van der Waals surface area contributed by atoms with Gasteiger partial charge in [-0.1, -0.05) is 35.3 Å². The van der Waals surface area contributed by atoms with Crippen LogP contribution in [0.4, 0.5) is 11.4 Å². The number of hydrogen-bond donors (Lipinski definition) is 3. The predicted molar refractivity (Wildman–Crippen MR) is 111 cm³/mol. The van der Waals surface area contributed by atoms with E-state index in [0.717, 1.165) is 12.8 Å². The van der Waals surface area contributed by atoms with Gasteiger partial charge in [0.05, 0.1) is 37.2 Å². The van der Waals surface area contributed by atoms with E-state index in [9.17, 15) is 13.2 Å². The smallest absolute Gasteiger partial charge is 0.240 e. The molecule has 0 unspecified atom stereocenters. The van der Waals surface area contributed by atoms with Crippen molar-refractivity contribution < 1.29 is 13.2 Å². The number of rotatable bonds is 6. The lowest BCUT2D eigenvalue weighted by Crippen LogP contribution is -2.25. The summed E-state index contributed by atoms with van der Waals surface area (Å²) in [6, 6.07) is 7.71. The van der Waals surface area contributed by atoms with Gasteiger partial charge in [0.25, 0.3) is 0 Å². The molecule has 2 aromatic rings. The highest BCUT2D eigenvalue weighted by Gasteiger charge is 2.27. The average Bonchev–Trinajstić information content (AvgIpc) is 3.41. The monoisotopic (exact) mass is 491 g/mol. The molecule has 0 bridgehead atoms. The maximum absolute atomic E-state index is 12.3. The number of carbonyl (C=O) groups excluding carboxylic acids is 1. The summed E-state index contributed by atoms with van der Waals surface area (Å²) in [5, 5.41) is 3.20. The predicted octanol–water partition coefficient (Wildman–Crippen LogP) is 3.96. The Kier molecular flexibility index (Phi) is 6.02. The molecule has 1 aliphatic rings. The van der Waals surface area contributed by atoms with Crippen LogP contribution in [0.2, 0.25) is 10.0 Å². The molecule has 6 nitrogen and oxygen atoms in total. The molecule has 1 fully saturated rings. The van der Waals surface area contributed by atoms with Gasteiger partial charge < -0.3 is 11.1 Å². The molecule has 2 aromatic carbocycles. The first-order chi connectivity index (χ1) is 12.7. The Hall–Kier alpha value is -1.32. The average molecular weight is 493 g/mol. The minimum Gasteiger partial charge on any atom is -0.396 e. The van der Waals surface area contributed by atoms with Gasteiger partial charge in [-0.25, -0.2) is 13.1 Å². The summed E-state index contributed by atoms with van der Waals surface area (Å²) in [4.78, 5) is 12.5. The fourth-order valence-electron chi connectivity index (χ4n) is 2.37. The normalized spacial score (nSPS) is 14.2. The molecule has 1 saturated carbocycles. The van der Waals surface area contributed by atoms with Crippen LogP contribution in [0.15, 0.2) is 39.7 Å². The van der Waals surface area contributed by atoms with Gasteiger partial charge in [-0.3, -0.25) is 4.79 Å². The van der Waals surface area contributed by atoms with Gasteiger partial charge in [-0.2, -0.15) is 0 Å². The second kappa shape index (κ2) is 7.97. The SMILES string of the molecule is Nc1c(NC(=O)Cc2ccc(S(=O)(=O)NC3CC3)cc2)cc(Cl)c(Br)c1Cl. The number of halogens is 3. The first-order valence-corrected chi connectivity index (χ1v) is 11.0. The number of nitrogens with two attached hydrogens (primary N) is 1. The van der Waals surface area contributed by atoms with Crippen LogP contribution in [0.25, 0.3) is 0 Å². The first kappa shape index (κ1) is 20.4. The van der Waals surface area contributed by atoms with Crippen molar-refractivity contribution in [3.8, 4) is 0 Å². The number of carbonyl (C=O) groups is 1. The maximum atomic E-state index is 12.3. The van der Waals surface area contributed by atoms with E-state index < -0.39 is 10.0 Å².